The Hall–Kier alpha value is -3.19. The van der Waals surface area contributed by atoms with E-state index >= 15 is 0 Å². The zero-order valence-electron chi connectivity index (χ0n) is 18.4. The highest BCUT2D eigenvalue weighted by atomic mass is 32.2. The summed E-state index contributed by atoms with van der Waals surface area (Å²) in [5, 5.41) is 9.73. The molecule has 0 N–H and O–H groups in total. The molecular formula is C26H26N4O2S. The van der Waals surface area contributed by atoms with Crippen LogP contribution in [0.25, 0.3) is 16.7 Å². The maximum Gasteiger partial charge on any atom is 0.263 e. The zero-order valence-corrected chi connectivity index (χ0v) is 19.3. The normalized spacial score (nSPS) is 14.7. The molecule has 0 aliphatic heterocycles. The molecule has 1 saturated carbocycles. The van der Waals surface area contributed by atoms with E-state index < -0.39 is 0 Å². The van der Waals surface area contributed by atoms with E-state index in [1.54, 1.807) is 16.7 Å². The van der Waals surface area contributed by atoms with Gasteiger partial charge >= 0.3 is 0 Å². The van der Waals surface area contributed by atoms with Crippen LogP contribution in [-0.2, 0) is 6.54 Å². The van der Waals surface area contributed by atoms with Crippen molar-refractivity contribution in [1.29, 1.82) is 0 Å². The number of hydrogen-bond acceptors (Lipinski definition) is 5. The van der Waals surface area contributed by atoms with Crippen molar-refractivity contribution >= 4 is 34.2 Å². The molecule has 2 heterocycles. The van der Waals surface area contributed by atoms with Crippen LogP contribution < -0.4 is 5.56 Å². The Morgan fingerprint density at radius 3 is 2.58 bits per heavy atom. The average molecular weight is 459 g/mol. The van der Waals surface area contributed by atoms with Crippen molar-refractivity contribution in [2.75, 3.05) is 5.75 Å². The van der Waals surface area contributed by atoms with Gasteiger partial charge < -0.3 is 0 Å². The number of ketones is 1. The van der Waals surface area contributed by atoms with Crippen molar-refractivity contribution in [3.05, 3.63) is 82.7 Å². The van der Waals surface area contributed by atoms with Crippen LogP contribution in [-0.4, -0.2) is 30.7 Å². The van der Waals surface area contributed by atoms with Crippen LogP contribution in [0.4, 0.5) is 0 Å². The highest BCUT2D eigenvalue weighted by molar-refractivity contribution is 7.99. The van der Waals surface area contributed by atoms with Crippen LogP contribution in [0.1, 0.15) is 53.9 Å². The third kappa shape index (κ3) is 4.13. The molecule has 0 bridgehead atoms. The second-order valence-corrected chi connectivity index (χ2v) is 9.45. The van der Waals surface area contributed by atoms with Gasteiger partial charge in [-0.25, -0.2) is 0 Å². The first kappa shape index (κ1) is 21.6. The number of carbonyl (C=O) groups is 1. The van der Waals surface area contributed by atoms with E-state index in [9.17, 15) is 9.59 Å². The fraction of sp³-hybridized carbons (Fsp3) is 0.308. The summed E-state index contributed by atoms with van der Waals surface area (Å²) < 4.78 is 3.41. The van der Waals surface area contributed by atoms with Gasteiger partial charge in [0.05, 0.1) is 16.7 Å². The summed E-state index contributed by atoms with van der Waals surface area (Å²) in [5.74, 6) is 1.38. The van der Waals surface area contributed by atoms with E-state index in [1.807, 2.05) is 34.7 Å². The molecule has 2 aromatic heterocycles. The quantitative estimate of drug-likeness (QED) is 0.215. The molecule has 0 unspecified atom stereocenters. The minimum Gasteiger partial charge on any atom is -0.293 e. The molecule has 7 heteroatoms. The third-order valence-corrected chi connectivity index (χ3v) is 7.36. The summed E-state index contributed by atoms with van der Waals surface area (Å²) in [5.41, 5.74) is 2.66. The predicted octanol–water partition coefficient (Wildman–Crippen LogP) is 5.25. The summed E-state index contributed by atoms with van der Waals surface area (Å²) in [6.45, 7) is 4.09. The van der Waals surface area contributed by atoms with Crippen LogP contribution in [0.15, 0.2) is 71.1 Å². The minimum atomic E-state index is -0.129. The fourth-order valence-electron chi connectivity index (χ4n) is 4.71. The number of para-hydroxylation sites is 1. The highest BCUT2D eigenvalue weighted by Crippen LogP contribution is 2.32. The van der Waals surface area contributed by atoms with Crippen LogP contribution in [0.3, 0.4) is 0 Å². The van der Waals surface area contributed by atoms with Crippen LogP contribution in [0, 0.1) is 0 Å². The molecule has 5 rings (SSSR count). The van der Waals surface area contributed by atoms with Gasteiger partial charge in [-0.1, -0.05) is 73.5 Å². The lowest BCUT2D eigenvalue weighted by molar-refractivity contribution is 0.102. The summed E-state index contributed by atoms with van der Waals surface area (Å²) >= 11 is 1.34. The van der Waals surface area contributed by atoms with E-state index in [1.165, 1.54) is 49.4 Å². The minimum absolute atomic E-state index is 0.0515. The van der Waals surface area contributed by atoms with Gasteiger partial charge in [-0.2, -0.15) is 0 Å². The van der Waals surface area contributed by atoms with Crippen LogP contribution in [0.2, 0.25) is 0 Å². The Balaban J connectivity index is 1.40. The molecule has 0 spiro atoms. The first-order chi connectivity index (χ1) is 16.2. The lowest BCUT2D eigenvalue weighted by Crippen LogP contribution is -2.22. The first-order valence-corrected chi connectivity index (χ1v) is 12.4. The van der Waals surface area contributed by atoms with Crippen molar-refractivity contribution < 1.29 is 4.79 Å². The maximum atomic E-state index is 12.9. The van der Waals surface area contributed by atoms with Crippen molar-refractivity contribution in [2.24, 2.45) is 0 Å². The number of Topliss-reactive ketones (excluding diaryl/α,β-unsaturated/α-hetero) is 1. The van der Waals surface area contributed by atoms with Crippen LogP contribution >= 0.6 is 11.8 Å². The van der Waals surface area contributed by atoms with Gasteiger partial charge in [0, 0.05) is 12.1 Å². The van der Waals surface area contributed by atoms with Gasteiger partial charge in [0.15, 0.2) is 10.9 Å². The number of benzene rings is 2. The Morgan fingerprint density at radius 1 is 1.06 bits per heavy atom. The number of fused-ring (bicyclic) bond motifs is 3. The lowest BCUT2D eigenvalue weighted by atomic mass is 9.84. The summed E-state index contributed by atoms with van der Waals surface area (Å²) in [6, 6.07) is 15.5. The lowest BCUT2D eigenvalue weighted by Gasteiger charge is -2.22. The smallest absolute Gasteiger partial charge is 0.263 e. The predicted molar refractivity (Wildman–Crippen MR) is 132 cm³/mol. The fourth-order valence-corrected chi connectivity index (χ4v) is 5.55. The molecule has 0 radical (unpaired) electrons. The van der Waals surface area contributed by atoms with Crippen LogP contribution in [0.5, 0.6) is 0 Å². The van der Waals surface area contributed by atoms with E-state index in [2.05, 4.69) is 28.9 Å². The number of nitrogens with zero attached hydrogens (tertiary/aromatic N) is 4. The van der Waals surface area contributed by atoms with E-state index in [0.29, 0.717) is 34.3 Å². The second-order valence-electron chi connectivity index (χ2n) is 8.51. The summed E-state index contributed by atoms with van der Waals surface area (Å²) in [6.07, 6.45) is 8.08. The van der Waals surface area contributed by atoms with Crippen molar-refractivity contribution in [3.63, 3.8) is 0 Å². The highest BCUT2D eigenvalue weighted by Gasteiger charge is 2.19. The van der Waals surface area contributed by atoms with Crippen molar-refractivity contribution in [1.82, 2.24) is 19.2 Å². The van der Waals surface area contributed by atoms with E-state index in [0.717, 1.165) is 5.52 Å². The van der Waals surface area contributed by atoms with Gasteiger partial charge in [0.2, 0.25) is 5.78 Å². The Kier molecular flexibility index (Phi) is 6.13. The number of allylic oxidation sites excluding steroid dienone is 1. The van der Waals surface area contributed by atoms with Crippen molar-refractivity contribution in [3.8, 4) is 0 Å². The van der Waals surface area contributed by atoms with Gasteiger partial charge in [-0.3, -0.25) is 18.6 Å². The molecule has 0 amide bonds. The number of carbonyl (C=O) groups excluding carboxylic acids is 1. The summed E-state index contributed by atoms with van der Waals surface area (Å²) in [4.78, 5) is 25.8. The van der Waals surface area contributed by atoms with E-state index in [4.69, 9.17) is 0 Å². The molecule has 4 aromatic rings. The topological polar surface area (TPSA) is 69.3 Å². The molecule has 1 aliphatic rings. The second kappa shape index (κ2) is 9.35. The molecular weight excluding hydrogens is 432 g/mol. The van der Waals surface area contributed by atoms with Gasteiger partial charge in [0.25, 0.3) is 5.56 Å². The van der Waals surface area contributed by atoms with Gasteiger partial charge in [-0.05, 0) is 36.5 Å². The number of hydrogen-bond donors (Lipinski definition) is 0. The Bertz CT molecular complexity index is 1380. The molecule has 0 atom stereocenters. The first-order valence-electron chi connectivity index (χ1n) is 11.4. The molecule has 1 aliphatic carbocycles. The Morgan fingerprint density at radius 2 is 1.82 bits per heavy atom. The maximum absolute atomic E-state index is 12.9. The molecule has 168 valence electrons. The molecule has 6 nitrogen and oxygen atoms in total. The average Bonchev–Trinajstić information content (AvgIpc) is 3.30. The van der Waals surface area contributed by atoms with Crippen molar-refractivity contribution in [2.45, 2.75) is 49.7 Å². The van der Waals surface area contributed by atoms with Gasteiger partial charge in [0.1, 0.15) is 0 Å². The number of aromatic nitrogens is 4. The van der Waals surface area contributed by atoms with Gasteiger partial charge in [-0.15, -0.1) is 16.8 Å². The summed E-state index contributed by atoms with van der Waals surface area (Å²) in [7, 11) is 0. The monoisotopic (exact) mass is 458 g/mol. The molecule has 0 saturated heterocycles. The SMILES string of the molecule is C=CCn1c(=O)c2ccccc2n2c(SCC(=O)c3ccc(C4CCCCC4)cc3)nnc12. The third-order valence-electron chi connectivity index (χ3n) is 6.43. The Labute approximate surface area is 196 Å². The largest absolute Gasteiger partial charge is 0.293 e. The standard InChI is InChI=1S/C26H26N4O2S/c1-2-16-29-24(32)21-10-6-7-11-22(21)30-25(29)27-28-26(30)33-17-23(31)20-14-12-19(13-15-20)18-8-4-3-5-9-18/h2,6-7,10-15,18H,1,3-5,8-9,16-17H2. The molecule has 1 fully saturated rings. The molecule has 33 heavy (non-hydrogen) atoms. The van der Waals surface area contributed by atoms with E-state index in [-0.39, 0.29) is 17.1 Å². The zero-order chi connectivity index (χ0) is 22.8. The number of thioether (sulfide) groups is 1. The number of rotatable bonds is 7. The molecule has 2 aromatic carbocycles.